The molecule has 0 unspecified atom stereocenters. The maximum Gasteiger partial charge on any atom is 0.373 e. The molecule has 0 saturated carbocycles. The van der Waals surface area contributed by atoms with Crippen LogP contribution in [0.15, 0.2) is 24.5 Å². The molecule has 122 valence electrons. The van der Waals surface area contributed by atoms with Gasteiger partial charge in [0, 0.05) is 6.54 Å². The van der Waals surface area contributed by atoms with E-state index in [1.807, 2.05) is 39.0 Å². The van der Waals surface area contributed by atoms with Crippen molar-refractivity contribution in [1.29, 1.82) is 0 Å². The van der Waals surface area contributed by atoms with Crippen molar-refractivity contribution in [3.8, 4) is 11.6 Å². The molecule has 1 aromatic heterocycles. The molecule has 0 aliphatic carbocycles. The first kappa shape index (κ1) is 16.7. The molecule has 0 fully saturated rings. The van der Waals surface area contributed by atoms with Crippen molar-refractivity contribution in [2.75, 3.05) is 11.9 Å². The van der Waals surface area contributed by atoms with Crippen molar-refractivity contribution < 1.29 is 9.66 Å². The minimum atomic E-state index is -0.522. The van der Waals surface area contributed by atoms with E-state index in [1.54, 1.807) is 0 Å². The molecule has 0 atom stereocenters. The zero-order valence-corrected chi connectivity index (χ0v) is 13.5. The molecule has 1 aromatic carbocycles. The van der Waals surface area contributed by atoms with Crippen LogP contribution in [0.1, 0.15) is 30.9 Å². The summed E-state index contributed by atoms with van der Waals surface area (Å²) >= 11 is 0. The van der Waals surface area contributed by atoms with Gasteiger partial charge in [-0.15, -0.1) is 0 Å². The molecule has 0 bridgehead atoms. The Labute approximate surface area is 134 Å². The lowest BCUT2D eigenvalue weighted by Gasteiger charge is -2.10. The van der Waals surface area contributed by atoms with Crippen LogP contribution in [-0.4, -0.2) is 21.4 Å². The van der Waals surface area contributed by atoms with Crippen molar-refractivity contribution in [3.63, 3.8) is 0 Å². The van der Waals surface area contributed by atoms with E-state index in [0.29, 0.717) is 12.3 Å². The highest BCUT2D eigenvalue weighted by molar-refractivity contribution is 5.61. The zero-order chi connectivity index (χ0) is 16.8. The highest BCUT2D eigenvalue weighted by Crippen LogP contribution is 2.34. The Balaban J connectivity index is 2.33. The van der Waals surface area contributed by atoms with Crippen LogP contribution in [-0.2, 0) is 0 Å². The maximum atomic E-state index is 11.4. The lowest BCUT2D eigenvalue weighted by molar-refractivity contribution is -0.385. The van der Waals surface area contributed by atoms with Crippen molar-refractivity contribution in [1.82, 2.24) is 9.97 Å². The monoisotopic (exact) mass is 316 g/mol. The second-order valence-electron chi connectivity index (χ2n) is 5.34. The smallest absolute Gasteiger partial charge is 0.373 e. The molecule has 0 amide bonds. The van der Waals surface area contributed by atoms with E-state index in [-0.39, 0.29) is 17.4 Å². The topological polar surface area (TPSA) is 90.2 Å². The average Bonchev–Trinajstić information content (AvgIpc) is 2.46. The number of aromatic nitrogens is 2. The van der Waals surface area contributed by atoms with Gasteiger partial charge in [0.1, 0.15) is 12.1 Å². The lowest BCUT2D eigenvalue weighted by atomic mass is 10.1. The molecule has 7 heteroatoms. The van der Waals surface area contributed by atoms with Gasteiger partial charge in [0.25, 0.3) is 0 Å². The summed E-state index contributed by atoms with van der Waals surface area (Å²) in [5.41, 5.74) is 1.78. The summed E-state index contributed by atoms with van der Waals surface area (Å²) in [5.74, 6) is 0.635. The summed E-state index contributed by atoms with van der Waals surface area (Å²) in [4.78, 5) is 18.8. The van der Waals surface area contributed by atoms with Crippen LogP contribution in [0.3, 0.4) is 0 Å². The Morgan fingerprint density at radius 1 is 1.22 bits per heavy atom. The molecule has 2 rings (SSSR count). The summed E-state index contributed by atoms with van der Waals surface area (Å²) < 4.78 is 5.65. The number of hydrogen-bond donors (Lipinski definition) is 1. The third-order valence-corrected chi connectivity index (χ3v) is 3.20. The summed E-state index contributed by atoms with van der Waals surface area (Å²) in [6, 6.07) is 5.62. The molecular formula is C16H20N4O3. The minimum absolute atomic E-state index is 0.0611. The highest BCUT2D eigenvalue weighted by Gasteiger charge is 2.24. The van der Waals surface area contributed by atoms with Crippen LogP contribution in [0.5, 0.6) is 11.6 Å². The Morgan fingerprint density at radius 2 is 1.91 bits per heavy atom. The largest absolute Gasteiger partial charge is 0.434 e. The first-order valence-electron chi connectivity index (χ1n) is 7.50. The Bertz CT molecular complexity index is 683. The van der Waals surface area contributed by atoms with Gasteiger partial charge in [-0.1, -0.05) is 19.4 Å². The van der Waals surface area contributed by atoms with Gasteiger partial charge in [-0.3, -0.25) is 10.1 Å². The van der Waals surface area contributed by atoms with Gasteiger partial charge in [0.05, 0.1) is 4.92 Å². The fourth-order valence-corrected chi connectivity index (χ4v) is 2.22. The number of ether oxygens (including phenoxy) is 1. The van der Waals surface area contributed by atoms with E-state index in [9.17, 15) is 10.1 Å². The number of hydrogen-bond acceptors (Lipinski definition) is 6. The van der Waals surface area contributed by atoms with Gasteiger partial charge in [0.2, 0.25) is 5.82 Å². The third-order valence-electron chi connectivity index (χ3n) is 3.20. The normalized spacial score (nSPS) is 10.4. The summed E-state index contributed by atoms with van der Waals surface area (Å²) in [7, 11) is 0. The van der Waals surface area contributed by atoms with Crippen molar-refractivity contribution >= 4 is 11.5 Å². The van der Waals surface area contributed by atoms with E-state index >= 15 is 0 Å². The lowest BCUT2D eigenvalue weighted by Crippen LogP contribution is -2.08. The van der Waals surface area contributed by atoms with Gasteiger partial charge in [-0.05, 0) is 43.5 Å². The van der Waals surface area contributed by atoms with Gasteiger partial charge in [-0.25, -0.2) is 4.98 Å². The number of nitro groups is 1. The van der Waals surface area contributed by atoms with E-state index in [4.69, 9.17) is 4.74 Å². The van der Waals surface area contributed by atoms with Crippen LogP contribution in [0, 0.1) is 24.0 Å². The van der Waals surface area contributed by atoms with Crippen molar-refractivity contribution in [2.24, 2.45) is 0 Å². The van der Waals surface area contributed by atoms with Crippen LogP contribution in [0.25, 0.3) is 0 Å². The summed E-state index contributed by atoms with van der Waals surface area (Å²) in [6.07, 6.45) is 3.14. The predicted octanol–water partition coefficient (Wildman–Crippen LogP) is 4.01. The zero-order valence-electron chi connectivity index (χ0n) is 13.5. The third kappa shape index (κ3) is 4.38. The number of rotatable bonds is 7. The number of benzene rings is 1. The average molecular weight is 316 g/mol. The molecule has 0 radical (unpaired) electrons. The molecule has 7 nitrogen and oxygen atoms in total. The molecule has 23 heavy (non-hydrogen) atoms. The molecule has 0 aliphatic rings. The Hall–Kier alpha value is -2.70. The number of unbranched alkanes of at least 4 members (excludes halogenated alkanes) is 1. The fourth-order valence-electron chi connectivity index (χ4n) is 2.22. The van der Waals surface area contributed by atoms with Crippen molar-refractivity contribution in [3.05, 3.63) is 45.8 Å². The second kappa shape index (κ2) is 7.53. The number of anilines is 1. The van der Waals surface area contributed by atoms with Crippen molar-refractivity contribution in [2.45, 2.75) is 33.6 Å². The van der Waals surface area contributed by atoms with Crippen LogP contribution < -0.4 is 10.1 Å². The van der Waals surface area contributed by atoms with Gasteiger partial charge in [-0.2, -0.15) is 4.98 Å². The molecular weight excluding hydrogens is 296 g/mol. The SMILES string of the molecule is CCCCNc1ncnc(Oc2cc(C)cc(C)c2)c1[N+](=O)[O-]. The van der Waals surface area contributed by atoms with Crippen LogP contribution in [0.2, 0.25) is 0 Å². The minimum Gasteiger partial charge on any atom is -0.434 e. The maximum absolute atomic E-state index is 11.4. The van der Waals surface area contributed by atoms with Crippen LogP contribution in [0.4, 0.5) is 11.5 Å². The molecule has 2 aromatic rings. The molecule has 1 N–H and O–H groups in total. The fraction of sp³-hybridized carbons (Fsp3) is 0.375. The standard InChI is InChI=1S/C16H20N4O3/c1-4-5-6-17-15-14(20(21)22)16(19-10-18-15)23-13-8-11(2)7-12(3)9-13/h7-10H,4-6H2,1-3H3,(H,17,18,19). The Kier molecular flexibility index (Phi) is 5.46. The molecule has 1 heterocycles. The van der Waals surface area contributed by atoms with E-state index < -0.39 is 4.92 Å². The summed E-state index contributed by atoms with van der Waals surface area (Å²) in [6.45, 7) is 6.53. The van der Waals surface area contributed by atoms with Gasteiger partial charge >= 0.3 is 11.6 Å². The molecule has 0 saturated heterocycles. The quantitative estimate of drug-likeness (QED) is 0.471. The predicted molar refractivity (Wildman–Crippen MR) is 88.1 cm³/mol. The van der Waals surface area contributed by atoms with E-state index in [1.165, 1.54) is 6.33 Å². The summed E-state index contributed by atoms with van der Waals surface area (Å²) in [5, 5.41) is 14.4. The molecule has 0 spiro atoms. The number of nitrogens with one attached hydrogen (secondary N) is 1. The first-order valence-corrected chi connectivity index (χ1v) is 7.50. The van der Waals surface area contributed by atoms with Crippen LogP contribution >= 0.6 is 0 Å². The molecule has 0 aliphatic heterocycles. The number of nitrogens with zero attached hydrogens (tertiary/aromatic N) is 3. The van der Waals surface area contributed by atoms with E-state index in [2.05, 4.69) is 15.3 Å². The highest BCUT2D eigenvalue weighted by atomic mass is 16.6. The second-order valence-corrected chi connectivity index (χ2v) is 5.34. The Morgan fingerprint density at radius 3 is 2.52 bits per heavy atom. The van der Waals surface area contributed by atoms with E-state index in [0.717, 1.165) is 24.0 Å². The number of aryl methyl sites for hydroxylation is 2. The van der Waals surface area contributed by atoms with Gasteiger partial charge < -0.3 is 10.1 Å². The van der Waals surface area contributed by atoms with Gasteiger partial charge in [0.15, 0.2) is 0 Å². The first-order chi connectivity index (χ1) is 11.0.